The van der Waals surface area contributed by atoms with Crippen LogP contribution in [0.25, 0.3) is 0 Å². The fraction of sp³-hybridized carbons (Fsp3) is 0.684. The third-order valence-corrected chi connectivity index (χ3v) is 6.59. The molecule has 3 unspecified atom stereocenters. The third kappa shape index (κ3) is 1.63. The predicted octanol–water partition coefficient (Wildman–Crippen LogP) is 4.35. The van der Waals surface area contributed by atoms with Crippen LogP contribution in [-0.2, 0) is 5.60 Å². The Morgan fingerprint density at radius 2 is 1.86 bits per heavy atom. The van der Waals surface area contributed by atoms with E-state index >= 15 is 0 Å². The van der Waals surface area contributed by atoms with Crippen LogP contribution in [0, 0.1) is 30.6 Å². The van der Waals surface area contributed by atoms with Gasteiger partial charge in [0.1, 0.15) is 11.4 Å². The Kier molecular flexibility index (Phi) is 3.02. The lowest BCUT2D eigenvalue weighted by Gasteiger charge is -2.51. The number of methoxy groups -OCH3 is 1. The van der Waals surface area contributed by atoms with Gasteiger partial charge in [-0.3, -0.25) is 0 Å². The average Bonchev–Trinajstić information content (AvgIpc) is 2.86. The predicted molar refractivity (Wildman–Crippen MR) is 85.6 cm³/mol. The number of aliphatic hydroxyl groups is 1. The van der Waals surface area contributed by atoms with Gasteiger partial charge in [0.15, 0.2) is 0 Å². The number of rotatable bonds is 2. The molecular weight excluding hydrogens is 260 g/mol. The fourth-order valence-electron chi connectivity index (χ4n) is 5.44. The van der Waals surface area contributed by atoms with Gasteiger partial charge in [-0.2, -0.15) is 0 Å². The van der Waals surface area contributed by atoms with E-state index in [2.05, 4.69) is 46.8 Å². The van der Waals surface area contributed by atoms with Crippen molar-refractivity contribution in [2.45, 2.75) is 59.5 Å². The topological polar surface area (TPSA) is 29.5 Å². The quantitative estimate of drug-likeness (QED) is 0.877. The molecule has 0 amide bonds. The van der Waals surface area contributed by atoms with Crippen LogP contribution in [0.2, 0.25) is 0 Å². The Morgan fingerprint density at radius 3 is 2.38 bits per heavy atom. The van der Waals surface area contributed by atoms with E-state index in [-0.39, 0.29) is 10.8 Å². The number of hydrogen-bond acceptors (Lipinski definition) is 2. The second kappa shape index (κ2) is 4.25. The number of hydrogen-bond donors (Lipinski definition) is 1. The SMILES string of the molecule is COc1cc(C)cc(C)c1C1(O)C2(C)CCC(C2)C1(C)C. The lowest BCUT2D eigenvalue weighted by atomic mass is 9.57. The molecule has 1 N–H and O–H groups in total. The van der Waals surface area contributed by atoms with Crippen molar-refractivity contribution in [2.75, 3.05) is 7.11 Å². The molecule has 0 heterocycles. The standard InChI is InChI=1S/C19H28O2/c1-12-9-13(2)16(15(10-12)21-6)19(20)17(3,4)14-7-8-18(19,5)11-14/h9-10,14,20H,7-8,11H2,1-6H3. The lowest BCUT2D eigenvalue weighted by Crippen LogP contribution is -2.52. The summed E-state index contributed by atoms with van der Waals surface area (Å²) in [6, 6.07) is 4.23. The molecule has 1 aromatic carbocycles. The zero-order chi connectivity index (χ0) is 15.6. The summed E-state index contributed by atoms with van der Waals surface area (Å²) in [6.07, 6.45) is 3.46. The first-order valence-corrected chi connectivity index (χ1v) is 8.05. The molecule has 0 aliphatic heterocycles. The van der Waals surface area contributed by atoms with Gasteiger partial charge in [-0.1, -0.05) is 26.8 Å². The molecule has 0 radical (unpaired) electrons. The summed E-state index contributed by atoms with van der Waals surface area (Å²) in [7, 11) is 1.71. The van der Waals surface area contributed by atoms with Crippen molar-refractivity contribution >= 4 is 0 Å². The Hall–Kier alpha value is -1.02. The lowest BCUT2D eigenvalue weighted by molar-refractivity contribution is -0.152. The zero-order valence-corrected chi connectivity index (χ0v) is 14.2. The summed E-state index contributed by atoms with van der Waals surface area (Å²) < 4.78 is 5.67. The summed E-state index contributed by atoms with van der Waals surface area (Å²) in [6.45, 7) is 10.9. The monoisotopic (exact) mass is 288 g/mol. The van der Waals surface area contributed by atoms with Gasteiger partial charge in [-0.25, -0.2) is 0 Å². The van der Waals surface area contributed by atoms with E-state index in [0.717, 1.165) is 29.7 Å². The highest BCUT2D eigenvalue weighted by Gasteiger charge is 2.69. The molecule has 0 aromatic heterocycles. The average molecular weight is 288 g/mol. The van der Waals surface area contributed by atoms with Gasteiger partial charge in [-0.15, -0.1) is 0 Å². The molecule has 2 fully saturated rings. The van der Waals surface area contributed by atoms with Gasteiger partial charge in [0.05, 0.1) is 7.11 Å². The van der Waals surface area contributed by atoms with Crippen molar-refractivity contribution in [3.05, 3.63) is 28.8 Å². The van der Waals surface area contributed by atoms with Gasteiger partial charge in [0, 0.05) is 16.4 Å². The van der Waals surface area contributed by atoms with Crippen LogP contribution >= 0.6 is 0 Å². The minimum absolute atomic E-state index is 0.0472. The van der Waals surface area contributed by atoms with Crippen molar-refractivity contribution < 1.29 is 9.84 Å². The van der Waals surface area contributed by atoms with Gasteiger partial charge >= 0.3 is 0 Å². The van der Waals surface area contributed by atoms with E-state index in [1.807, 2.05) is 0 Å². The second-order valence-corrected chi connectivity index (χ2v) is 8.09. The smallest absolute Gasteiger partial charge is 0.125 e. The molecule has 3 atom stereocenters. The van der Waals surface area contributed by atoms with Crippen molar-refractivity contribution in [1.82, 2.24) is 0 Å². The third-order valence-electron chi connectivity index (χ3n) is 6.59. The van der Waals surface area contributed by atoms with Crippen LogP contribution in [0.5, 0.6) is 5.75 Å². The van der Waals surface area contributed by atoms with Crippen LogP contribution in [0.3, 0.4) is 0 Å². The molecule has 2 saturated carbocycles. The first-order chi connectivity index (χ1) is 9.67. The van der Waals surface area contributed by atoms with Gasteiger partial charge in [-0.05, 0) is 56.2 Å². The fourth-order valence-corrected chi connectivity index (χ4v) is 5.44. The molecule has 116 valence electrons. The summed E-state index contributed by atoms with van der Waals surface area (Å²) >= 11 is 0. The van der Waals surface area contributed by atoms with Gasteiger partial charge in [0.2, 0.25) is 0 Å². The van der Waals surface area contributed by atoms with E-state index in [1.165, 1.54) is 12.0 Å². The van der Waals surface area contributed by atoms with Gasteiger partial charge in [0.25, 0.3) is 0 Å². The highest BCUT2D eigenvalue weighted by molar-refractivity contribution is 5.50. The number of aryl methyl sites for hydroxylation is 2. The van der Waals surface area contributed by atoms with E-state index in [4.69, 9.17) is 4.74 Å². The maximum absolute atomic E-state index is 11.9. The maximum atomic E-state index is 11.9. The molecular formula is C19H28O2. The van der Waals surface area contributed by atoms with E-state index in [9.17, 15) is 5.11 Å². The Balaban J connectivity index is 2.29. The van der Waals surface area contributed by atoms with E-state index in [1.54, 1.807) is 7.11 Å². The summed E-state index contributed by atoms with van der Waals surface area (Å²) in [5.74, 6) is 1.44. The first kappa shape index (κ1) is 14.9. The molecule has 2 nitrogen and oxygen atoms in total. The largest absolute Gasteiger partial charge is 0.496 e. The Morgan fingerprint density at radius 1 is 1.19 bits per heavy atom. The molecule has 0 spiro atoms. The van der Waals surface area contributed by atoms with Crippen molar-refractivity contribution in [2.24, 2.45) is 16.7 Å². The molecule has 21 heavy (non-hydrogen) atoms. The molecule has 3 rings (SSSR count). The van der Waals surface area contributed by atoms with Crippen LogP contribution in [0.1, 0.15) is 56.7 Å². The molecule has 0 saturated heterocycles. The Bertz CT molecular complexity index is 583. The second-order valence-electron chi connectivity index (χ2n) is 8.09. The van der Waals surface area contributed by atoms with Crippen LogP contribution < -0.4 is 4.74 Å². The normalized spacial score (nSPS) is 37.0. The van der Waals surface area contributed by atoms with Crippen LogP contribution in [0.4, 0.5) is 0 Å². The van der Waals surface area contributed by atoms with Crippen LogP contribution in [0.15, 0.2) is 12.1 Å². The van der Waals surface area contributed by atoms with Gasteiger partial charge < -0.3 is 9.84 Å². The van der Waals surface area contributed by atoms with E-state index in [0.29, 0.717) is 5.92 Å². The summed E-state index contributed by atoms with van der Waals surface area (Å²) in [4.78, 5) is 0. The number of fused-ring (bicyclic) bond motifs is 2. The molecule has 1 aromatic rings. The van der Waals surface area contributed by atoms with Crippen molar-refractivity contribution in [1.29, 1.82) is 0 Å². The molecule has 2 heteroatoms. The first-order valence-electron chi connectivity index (χ1n) is 8.05. The molecule has 2 aliphatic carbocycles. The van der Waals surface area contributed by atoms with Crippen molar-refractivity contribution in [3.63, 3.8) is 0 Å². The molecule has 2 aliphatic rings. The van der Waals surface area contributed by atoms with Crippen LogP contribution in [-0.4, -0.2) is 12.2 Å². The Labute approximate surface area is 128 Å². The number of benzene rings is 1. The highest BCUT2D eigenvalue weighted by Crippen LogP contribution is 2.72. The maximum Gasteiger partial charge on any atom is 0.125 e. The summed E-state index contributed by atoms with van der Waals surface area (Å²) in [5, 5.41) is 11.9. The highest BCUT2D eigenvalue weighted by atomic mass is 16.5. The minimum Gasteiger partial charge on any atom is -0.496 e. The molecule has 2 bridgehead atoms. The zero-order valence-electron chi connectivity index (χ0n) is 14.2. The summed E-state index contributed by atoms with van der Waals surface area (Å²) in [5.41, 5.74) is 2.37. The minimum atomic E-state index is -0.813. The van der Waals surface area contributed by atoms with E-state index < -0.39 is 5.60 Å². The van der Waals surface area contributed by atoms with Crippen molar-refractivity contribution in [3.8, 4) is 5.75 Å². The number of ether oxygens (including phenoxy) is 1.